The summed E-state index contributed by atoms with van der Waals surface area (Å²) in [5.74, 6) is 0.0735. The Labute approximate surface area is 166 Å². The quantitative estimate of drug-likeness (QED) is 0.790. The maximum Gasteiger partial charge on any atom is 0.229 e. The Morgan fingerprint density at radius 3 is 2.43 bits per heavy atom. The number of amides is 2. The van der Waals surface area contributed by atoms with Gasteiger partial charge in [0.05, 0.1) is 28.3 Å². The molecule has 2 N–H and O–H groups in total. The van der Waals surface area contributed by atoms with Crippen molar-refractivity contribution in [1.82, 2.24) is 9.88 Å². The molecule has 2 aromatic rings. The van der Waals surface area contributed by atoms with E-state index >= 15 is 0 Å². The van der Waals surface area contributed by atoms with Crippen molar-refractivity contribution in [3.63, 3.8) is 0 Å². The summed E-state index contributed by atoms with van der Waals surface area (Å²) in [6.45, 7) is 1.59. The van der Waals surface area contributed by atoms with Crippen molar-refractivity contribution in [3.05, 3.63) is 24.3 Å². The van der Waals surface area contributed by atoms with Crippen molar-refractivity contribution >= 4 is 38.5 Å². The summed E-state index contributed by atoms with van der Waals surface area (Å²) in [5, 5.41) is 20.5. The number of aliphatic hydroxyl groups excluding tert-OH is 2. The smallest absolute Gasteiger partial charge is 0.229 e. The molecule has 0 spiro atoms. The number of carbonyl (C=O) groups is 2. The SMILES string of the molecule is O=C(C1CC(=O)N(c2nc3ccccc3s2)C1)N1C[C@H]2C[C@H](O)[C@H](O)C[C@H]2C1. The minimum absolute atomic E-state index is 0.00957. The molecule has 3 fully saturated rings. The number of hydrogen-bond donors (Lipinski definition) is 2. The first-order valence-corrected chi connectivity index (χ1v) is 10.6. The van der Waals surface area contributed by atoms with Crippen LogP contribution in [0.2, 0.25) is 0 Å². The molecule has 1 unspecified atom stereocenters. The molecular formula is C20H23N3O4S. The molecule has 3 aliphatic rings. The molecule has 1 saturated carbocycles. The molecular weight excluding hydrogens is 378 g/mol. The van der Waals surface area contributed by atoms with Crippen LogP contribution >= 0.6 is 11.3 Å². The number of rotatable bonds is 2. The highest BCUT2D eigenvalue weighted by Crippen LogP contribution is 2.38. The number of fused-ring (bicyclic) bond motifs is 2. The average Bonchev–Trinajstić information content (AvgIpc) is 3.37. The predicted molar refractivity (Wildman–Crippen MR) is 105 cm³/mol. The van der Waals surface area contributed by atoms with Gasteiger partial charge in [0.2, 0.25) is 11.8 Å². The van der Waals surface area contributed by atoms with Gasteiger partial charge in [0.15, 0.2) is 5.13 Å². The zero-order valence-electron chi connectivity index (χ0n) is 15.4. The third-order valence-electron chi connectivity index (χ3n) is 6.41. The van der Waals surface area contributed by atoms with Gasteiger partial charge in [-0.2, -0.15) is 0 Å². The van der Waals surface area contributed by atoms with E-state index in [0.29, 0.717) is 37.6 Å². The summed E-state index contributed by atoms with van der Waals surface area (Å²) in [6, 6.07) is 7.77. The Balaban J connectivity index is 1.29. The number of hydrogen-bond acceptors (Lipinski definition) is 6. The van der Waals surface area contributed by atoms with E-state index in [2.05, 4.69) is 4.98 Å². The maximum atomic E-state index is 13.1. The fraction of sp³-hybridized carbons (Fsp3) is 0.550. The van der Waals surface area contributed by atoms with Gasteiger partial charge in [-0.25, -0.2) is 4.98 Å². The molecule has 7 nitrogen and oxygen atoms in total. The number of para-hydroxylation sites is 1. The van der Waals surface area contributed by atoms with Crippen LogP contribution in [0.5, 0.6) is 0 Å². The second kappa shape index (κ2) is 6.79. The summed E-state index contributed by atoms with van der Waals surface area (Å²) in [7, 11) is 0. The fourth-order valence-electron chi connectivity index (χ4n) is 4.88. The summed E-state index contributed by atoms with van der Waals surface area (Å²) < 4.78 is 1.03. The molecule has 1 aromatic heterocycles. The molecule has 0 bridgehead atoms. The third-order valence-corrected chi connectivity index (χ3v) is 7.47. The van der Waals surface area contributed by atoms with Crippen molar-refractivity contribution < 1.29 is 19.8 Å². The van der Waals surface area contributed by atoms with Gasteiger partial charge in [-0.3, -0.25) is 14.5 Å². The lowest BCUT2D eigenvalue weighted by molar-refractivity contribution is -0.135. The van der Waals surface area contributed by atoms with E-state index in [1.165, 1.54) is 11.3 Å². The van der Waals surface area contributed by atoms with Gasteiger partial charge in [0, 0.05) is 26.1 Å². The largest absolute Gasteiger partial charge is 0.390 e. The standard InChI is InChI=1S/C20H23N3O4S/c24-15-5-11-8-22(9-12(11)6-16(15)25)19(27)13-7-18(26)23(10-13)20-21-14-3-1-2-4-17(14)28-20/h1-4,11-13,15-16,24-25H,5-10H2/t11-,12+,13?,15+,16-. The number of likely N-dealkylation sites (tertiary alicyclic amines) is 1. The van der Waals surface area contributed by atoms with E-state index in [4.69, 9.17) is 0 Å². The second-order valence-electron chi connectivity index (χ2n) is 8.24. The van der Waals surface area contributed by atoms with E-state index in [1.807, 2.05) is 29.2 Å². The van der Waals surface area contributed by atoms with Gasteiger partial charge in [-0.1, -0.05) is 23.5 Å². The molecule has 28 heavy (non-hydrogen) atoms. The van der Waals surface area contributed by atoms with Crippen LogP contribution in [-0.4, -0.2) is 63.8 Å². The molecule has 1 aromatic carbocycles. The van der Waals surface area contributed by atoms with Crippen molar-refractivity contribution in [2.75, 3.05) is 24.5 Å². The number of carbonyl (C=O) groups excluding carboxylic acids is 2. The summed E-state index contributed by atoms with van der Waals surface area (Å²) in [4.78, 5) is 33.7. The number of nitrogens with zero attached hydrogens (tertiary/aromatic N) is 3. The molecule has 1 aliphatic carbocycles. The van der Waals surface area contributed by atoms with E-state index < -0.39 is 12.2 Å². The second-order valence-corrected chi connectivity index (χ2v) is 9.25. The normalized spacial score (nSPS) is 32.9. The van der Waals surface area contributed by atoms with Gasteiger partial charge in [-0.15, -0.1) is 0 Å². The van der Waals surface area contributed by atoms with Crippen LogP contribution in [0.25, 0.3) is 10.2 Å². The molecule has 8 heteroatoms. The lowest BCUT2D eigenvalue weighted by atomic mass is 9.79. The Morgan fingerprint density at radius 1 is 1.07 bits per heavy atom. The lowest BCUT2D eigenvalue weighted by Gasteiger charge is -2.31. The molecule has 5 rings (SSSR count). The van der Waals surface area contributed by atoms with Crippen molar-refractivity contribution in [1.29, 1.82) is 0 Å². The van der Waals surface area contributed by atoms with Crippen molar-refractivity contribution in [2.45, 2.75) is 31.5 Å². The zero-order chi connectivity index (χ0) is 19.4. The monoisotopic (exact) mass is 401 g/mol. The fourth-order valence-corrected chi connectivity index (χ4v) is 5.87. The van der Waals surface area contributed by atoms with Gasteiger partial charge in [-0.05, 0) is 36.8 Å². The summed E-state index contributed by atoms with van der Waals surface area (Å²) in [6.07, 6.45) is -0.0994. The lowest BCUT2D eigenvalue weighted by Crippen LogP contribution is -2.38. The van der Waals surface area contributed by atoms with E-state index in [9.17, 15) is 19.8 Å². The van der Waals surface area contributed by atoms with Crippen LogP contribution in [0, 0.1) is 17.8 Å². The van der Waals surface area contributed by atoms with E-state index in [1.54, 1.807) is 4.90 Å². The van der Waals surface area contributed by atoms with Crippen molar-refractivity contribution in [2.24, 2.45) is 17.8 Å². The van der Waals surface area contributed by atoms with Gasteiger partial charge in [0.1, 0.15) is 0 Å². The predicted octanol–water partition coefficient (Wildman–Crippen LogP) is 1.24. The Bertz CT molecular complexity index is 880. The topological polar surface area (TPSA) is 94.0 Å². The Morgan fingerprint density at radius 2 is 1.75 bits per heavy atom. The van der Waals surface area contributed by atoms with Crippen LogP contribution in [0.1, 0.15) is 19.3 Å². The Kier molecular flexibility index (Phi) is 4.37. The number of aromatic nitrogens is 1. The molecule has 148 valence electrons. The van der Waals surface area contributed by atoms with Crippen LogP contribution in [0.15, 0.2) is 24.3 Å². The number of anilines is 1. The minimum Gasteiger partial charge on any atom is -0.390 e. The van der Waals surface area contributed by atoms with Crippen LogP contribution in [0.4, 0.5) is 5.13 Å². The maximum absolute atomic E-state index is 13.1. The number of benzene rings is 1. The van der Waals surface area contributed by atoms with Crippen LogP contribution in [0.3, 0.4) is 0 Å². The van der Waals surface area contributed by atoms with Gasteiger partial charge in [0.25, 0.3) is 0 Å². The highest BCUT2D eigenvalue weighted by atomic mass is 32.1. The van der Waals surface area contributed by atoms with Gasteiger partial charge < -0.3 is 15.1 Å². The third kappa shape index (κ3) is 3.00. The summed E-state index contributed by atoms with van der Waals surface area (Å²) in [5.41, 5.74) is 0.866. The van der Waals surface area contributed by atoms with Crippen LogP contribution in [-0.2, 0) is 9.59 Å². The van der Waals surface area contributed by atoms with Crippen LogP contribution < -0.4 is 4.90 Å². The Hall–Kier alpha value is -2.03. The highest BCUT2D eigenvalue weighted by Gasteiger charge is 2.45. The number of thiazole rings is 1. The van der Waals surface area contributed by atoms with E-state index in [-0.39, 0.29) is 36.0 Å². The van der Waals surface area contributed by atoms with Crippen molar-refractivity contribution in [3.8, 4) is 0 Å². The summed E-state index contributed by atoms with van der Waals surface area (Å²) >= 11 is 1.47. The minimum atomic E-state index is -0.695. The molecule has 3 heterocycles. The molecule has 2 saturated heterocycles. The highest BCUT2D eigenvalue weighted by molar-refractivity contribution is 7.22. The average molecular weight is 401 g/mol. The molecule has 5 atom stereocenters. The number of aliphatic hydroxyl groups is 2. The first-order chi connectivity index (χ1) is 13.5. The first-order valence-electron chi connectivity index (χ1n) is 9.80. The first kappa shape index (κ1) is 18.0. The molecule has 2 amide bonds. The zero-order valence-corrected chi connectivity index (χ0v) is 16.2. The molecule has 0 radical (unpaired) electrons. The van der Waals surface area contributed by atoms with Gasteiger partial charge >= 0.3 is 0 Å². The molecule has 2 aliphatic heterocycles. The van der Waals surface area contributed by atoms with E-state index in [0.717, 1.165) is 10.2 Å².